The number of nitro groups is 1. The minimum absolute atomic E-state index is 0.0338. The lowest BCUT2D eigenvalue weighted by Gasteiger charge is -2.02. The fraction of sp³-hybridized carbons (Fsp3) is 0.579. The monoisotopic (exact) mass is 347 g/mol. The fourth-order valence-electron chi connectivity index (χ4n) is 2.51. The Balaban J connectivity index is 2.07. The molecule has 0 aliphatic rings. The molecule has 0 atom stereocenters. The Morgan fingerprint density at radius 2 is 1.60 bits per heavy atom. The van der Waals surface area contributed by atoms with Gasteiger partial charge in [0.1, 0.15) is 0 Å². The van der Waals surface area contributed by atoms with Crippen molar-refractivity contribution in [1.82, 2.24) is 5.43 Å². The quantitative estimate of drug-likeness (QED) is 0.237. The van der Waals surface area contributed by atoms with Crippen molar-refractivity contribution in [3.8, 4) is 0 Å². The Morgan fingerprint density at radius 3 is 2.16 bits per heavy atom. The van der Waals surface area contributed by atoms with Gasteiger partial charge >= 0.3 is 0 Å². The number of hydrazone groups is 1. The summed E-state index contributed by atoms with van der Waals surface area (Å²) in [5.41, 5.74) is 3.23. The molecule has 1 aromatic rings. The predicted molar refractivity (Wildman–Crippen MR) is 101 cm³/mol. The summed E-state index contributed by atoms with van der Waals surface area (Å²) in [5, 5.41) is 14.4. The van der Waals surface area contributed by atoms with Crippen LogP contribution in [0.1, 0.15) is 76.7 Å². The van der Waals surface area contributed by atoms with E-state index in [9.17, 15) is 14.9 Å². The normalized spacial score (nSPS) is 10.9. The highest BCUT2D eigenvalue weighted by Gasteiger charge is 2.03. The van der Waals surface area contributed by atoms with Gasteiger partial charge in [0.25, 0.3) is 5.69 Å². The average Bonchev–Trinajstić information content (AvgIpc) is 2.61. The first-order valence-corrected chi connectivity index (χ1v) is 9.20. The molecule has 6 heteroatoms. The average molecular weight is 347 g/mol. The van der Waals surface area contributed by atoms with Gasteiger partial charge in [0.05, 0.1) is 11.1 Å². The first-order valence-electron chi connectivity index (χ1n) is 9.20. The number of nitro benzene ring substituents is 1. The van der Waals surface area contributed by atoms with E-state index in [1.807, 2.05) is 0 Å². The number of unbranched alkanes of at least 4 members (excludes halogenated alkanes) is 8. The van der Waals surface area contributed by atoms with Crippen LogP contribution in [0.25, 0.3) is 0 Å². The summed E-state index contributed by atoms with van der Waals surface area (Å²) >= 11 is 0. The van der Waals surface area contributed by atoms with Crippen LogP contribution in [-0.4, -0.2) is 17.0 Å². The van der Waals surface area contributed by atoms with Gasteiger partial charge in [-0.15, -0.1) is 0 Å². The zero-order valence-corrected chi connectivity index (χ0v) is 15.1. The smallest absolute Gasteiger partial charge is 0.269 e. The molecule has 25 heavy (non-hydrogen) atoms. The summed E-state index contributed by atoms with van der Waals surface area (Å²) in [6.07, 6.45) is 12.9. The highest BCUT2D eigenvalue weighted by Crippen LogP contribution is 2.11. The summed E-state index contributed by atoms with van der Waals surface area (Å²) in [7, 11) is 0. The third kappa shape index (κ3) is 10.3. The van der Waals surface area contributed by atoms with Crippen LogP contribution in [0, 0.1) is 10.1 Å². The molecule has 0 radical (unpaired) electrons. The second-order valence-electron chi connectivity index (χ2n) is 6.22. The Morgan fingerprint density at radius 1 is 1.04 bits per heavy atom. The first-order chi connectivity index (χ1) is 12.1. The van der Waals surface area contributed by atoms with Crippen molar-refractivity contribution >= 4 is 17.8 Å². The molecule has 1 aromatic carbocycles. The molecule has 138 valence electrons. The Hall–Kier alpha value is -2.24. The number of non-ortho nitro benzene ring substituents is 1. The molecule has 0 aliphatic heterocycles. The zero-order valence-electron chi connectivity index (χ0n) is 15.1. The molecule has 1 amide bonds. The van der Waals surface area contributed by atoms with Gasteiger partial charge in [-0.2, -0.15) is 5.10 Å². The molecule has 0 saturated heterocycles. The molecule has 0 aromatic heterocycles. The van der Waals surface area contributed by atoms with Crippen LogP contribution >= 0.6 is 0 Å². The molecule has 1 N–H and O–H groups in total. The maximum Gasteiger partial charge on any atom is 0.269 e. The number of hydrogen-bond acceptors (Lipinski definition) is 4. The summed E-state index contributed by atoms with van der Waals surface area (Å²) in [6.45, 7) is 2.22. The van der Waals surface area contributed by atoms with Crippen molar-refractivity contribution in [2.75, 3.05) is 0 Å². The van der Waals surface area contributed by atoms with Crippen LogP contribution in [0.3, 0.4) is 0 Å². The van der Waals surface area contributed by atoms with Crippen LogP contribution in [0.4, 0.5) is 5.69 Å². The van der Waals surface area contributed by atoms with Crippen molar-refractivity contribution in [1.29, 1.82) is 0 Å². The number of hydrogen-bond donors (Lipinski definition) is 1. The second kappa shape index (κ2) is 13.1. The summed E-state index contributed by atoms with van der Waals surface area (Å²) in [4.78, 5) is 21.8. The fourth-order valence-corrected chi connectivity index (χ4v) is 2.51. The zero-order chi connectivity index (χ0) is 18.3. The first kappa shape index (κ1) is 20.8. The lowest BCUT2D eigenvalue weighted by atomic mass is 10.1. The molecule has 0 unspecified atom stereocenters. The number of nitrogens with zero attached hydrogens (tertiary/aromatic N) is 2. The SMILES string of the molecule is CCCCCCCCCCCC(=O)N/N=C/c1ccc([N+](=O)[O-])cc1. The number of nitrogens with one attached hydrogen (secondary N) is 1. The standard InChI is InChI=1S/C19H29N3O3/c1-2-3-4-5-6-7-8-9-10-11-19(23)21-20-16-17-12-14-18(15-13-17)22(24)25/h12-16H,2-11H2,1H3,(H,21,23)/b20-16+. The molecule has 0 aliphatic carbocycles. The van der Waals surface area contributed by atoms with Gasteiger partial charge in [-0.3, -0.25) is 14.9 Å². The molecule has 0 bridgehead atoms. The van der Waals surface area contributed by atoms with Crippen molar-refractivity contribution in [2.24, 2.45) is 5.10 Å². The summed E-state index contributed by atoms with van der Waals surface area (Å²) in [5.74, 6) is -0.0962. The maximum atomic E-state index is 11.7. The molecular weight excluding hydrogens is 318 g/mol. The molecular formula is C19H29N3O3. The van der Waals surface area contributed by atoms with Gasteiger partial charge in [0, 0.05) is 18.6 Å². The largest absolute Gasteiger partial charge is 0.273 e. The van der Waals surface area contributed by atoms with Gasteiger partial charge in [-0.1, -0.05) is 58.3 Å². The number of carbonyl (C=O) groups is 1. The number of carbonyl (C=O) groups excluding carboxylic acids is 1. The topological polar surface area (TPSA) is 84.6 Å². The van der Waals surface area contributed by atoms with E-state index < -0.39 is 4.92 Å². The van der Waals surface area contributed by atoms with Gasteiger partial charge in [-0.25, -0.2) is 5.43 Å². The van der Waals surface area contributed by atoms with Crippen molar-refractivity contribution in [2.45, 2.75) is 71.1 Å². The summed E-state index contributed by atoms with van der Waals surface area (Å²) < 4.78 is 0. The lowest BCUT2D eigenvalue weighted by molar-refractivity contribution is -0.384. The van der Waals surface area contributed by atoms with Gasteiger partial charge in [-0.05, 0) is 24.1 Å². The minimum Gasteiger partial charge on any atom is -0.273 e. The summed E-state index contributed by atoms with van der Waals surface area (Å²) in [6, 6.07) is 6.00. The van der Waals surface area contributed by atoms with Crippen LogP contribution in [-0.2, 0) is 4.79 Å². The number of benzene rings is 1. The van der Waals surface area contributed by atoms with E-state index >= 15 is 0 Å². The highest BCUT2D eigenvalue weighted by molar-refractivity contribution is 5.82. The number of amides is 1. The molecule has 0 fully saturated rings. The predicted octanol–water partition coefficient (Wildman–Crippen LogP) is 4.97. The van der Waals surface area contributed by atoms with Crippen molar-refractivity contribution in [3.05, 3.63) is 39.9 Å². The van der Waals surface area contributed by atoms with Crippen LogP contribution < -0.4 is 5.43 Å². The van der Waals surface area contributed by atoms with Crippen LogP contribution in [0.15, 0.2) is 29.4 Å². The van der Waals surface area contributed by atoms with Gasteiger partial charge in [0.2, 0.25) is 5.91 Å². The lowest BCUT2D eigenvalue weighted by Crippen LogP contribution is -2.16. The van der Waals surface area contributed by atoms with Crippen LogP contribution in [0.2, 0.25) is 0 Å². The molecule has 1 rings (SSSR count). The molecule has 0 saturated carbocycles. The van der Waals surface area contributed by atoms with Gasteiger partial charge < -0.3 is 0 Å². The van der Waals surface area contributed by atoms with Crippen LogP contribution in [0.5, 0.6) is 0 Å². The number of rotatable bonds is 13. The van der Waals surface area contributed by atoms with Gasteiger partial charge in [0.15, 0.2) is 0 Å². The van der Waals surface area contributed by atoms with E-state index in [-0.39, 0.29) is 11.6 Å². The van der Waals surface area contributed by atoms with E-state index in [0.29, 0.717) is 12.0 Å². The van der Waals surface area contributed by atoms with E-state index in [0.717, 1.165) is 12.8 Å². The van der Waals surface area contributed by atoms with E-state index in [2.05, 4.69) is 17.5 Å². The van der Waals surface area contributed by atoms with E-state index in [4.69, 9.17) is 0 Å². The Kier molecular flexibility index (Phi) is 10.9. The Labute approximate surface area is 149 Å². The molecule has 0 heterocycles. The maximum absolute atomic E-state index is 11.7. The molecule has 0 spiro atoms. The van der Waals surface area contributed by atoms with Crippen molar-refractivity contribution in [3.63, 3.8) is 0 Å². The van der Waals surface area contributed by atoms with Crippen molar-refractivity contribution < 1.29 is 9.72 Å². The molecule has 6 nitrogen and oxygen atoms in total. The Bertz CT molecular complexity index is 541. The third-order valence-corrected chi connectivity index (χ3v) is 4.01. The minimum atomic E-state index is -0.450. The highest BCUT2D eigenvalue weighted by atomic mass is 16.6. The van der Waals surface area contributed by atoms with E-state index in [1.165, 1.54) is 63.3 Å². The second-order valence-corrected chi connectivity index (χ2v) is 6.22. The van der Waals surface area contributed by atoms with E-state index in [1.54, 1.807) is 12.1 Å². The third-order valence-electron chi connectivity index (χ3n) is 4.01.